The average Bonchev–Trinajstić information content (AvgIpc) is 2.32. The molecule has 0 aliphatic carbocycles. The smallest absolute Gasteiger partial charge is 0.105 e. The van der Waals surface area contributed by atoms with Gasteiger partial charge in [-0.25, -0.2) is 4.98 Å². The van der Waals surface area contributed by atoms with Gasteiger partial charge >= 0.3 is 0 Å². The zero-order chi connectivity index (χ0) is 9.30. The number of aliphatic hydroxyl groups is 1. The van der Waals surface area contributed by atoms with Crippen molar-refractivity contribution in [2.24, 2.45) is 7.05 Å². The van der Waals surface area contributed by atoms with Gasteiger partial charge in [0.15, 0.2) is 0 Å². The van der Waals surface area contributed by atoms with Gasteiger partial charge in [0, 0.05) is 24.9 Å². The fraction of sp³-hybridized carbons (Fsp3) is 0.667. The molecule has 1 aromatic rings. The van der Waals surface area contributed by atoms with Gasteiger partial charge in [0.05, 0.1) is 6.10 Å². The molecule has 12 heavy (non-hydrogen) atoms. The number of hydrogen-bond donors (Lipinski definition) is 1. The van der Waals surface area contributed by atoms with E-state index in [2.05, 4.69) is 4.98 Å². The van der Waals surface area contributed by atoms with Crippen LogP contribution in [0.25, 0.3) is 0 Å². The molecule has 0 aromatic carbocycles. The van der Waals surface area contributed by atoms with Gasteiger partial charge in [-0.3, -0.25) is 0 Å². The molecule has 0 spiro atoms. The predicted molar refractivity (Wildman–Crippen MR) is 48.0 cm³/mol. The van der Waals surface area contributed by atoms with Crippen LogP contribution in [0.2, 0.25) is 0 Å². The van der Waals surface area contributed by atoms with E-state index in [1.807, 2.05) is 31.7 Å². The molecule has 3 heteroatoms. The summed E-state index contributed by atoms with van der Waals surface area (Å²) in [6, 6.07) is 0. The summed E-state index contributed by atoms with van der Waals surface area (Å²) in [7, 11) is 1.97. The lowest BCUT2D eigenvalue weighted by molar-refractivity contribution is 0.166. The van der Waals surface area contributed by atoms with Crippen LogP contribution >= 0.6 is 0 Å². The Bertz CT molecular complexity index is 265. The monoisotopic (exact) mass is 168 g/mol. The predicted octanol–water partition coefficient (Wildman–Crippen LogP) is 1.21. The van der Waals surface area contributed by atoms with E-state index in [9.17, 15) is 5.11 Å². The zero-order valence-corrected chi connectivity index (χ0v) is 8.07. The van der Waals surface area contributed by atoms with E-state index in [1.54, 1.807) is 6.92 Å². The molecule has 0 saturated carbocycles. The zero-order valence-electron chi connectivity index (χ0n) is 8.07. The SMILES string of the molecule is Cc1ncc(C(C)C(C)O)n1C. The molecular weight excluding hydrogens is 152 g/mol. The van der Waals surface area contributed by atoms with Crippen molar-refractivity contribution in [3.05, 3.63) is 17.7 Å². The van der Waals surface area contributed by atoms with Crippen LogP contribution in [0.15, 0.2) is 6.20 Å². The van der Waals surface area contributed by atoms with Crippen molar-refractivity contribution < 1.29 is 5.11 Å². The first-order valence-electron chi connectivity index (χ1n) is 4.20. The van der Waals surface area contributed by atoms with Crippen molar-refractivity contribution in [1.82, 2.24) is 9.55 Å². The van der Waals surface area contributed by atoms with Crippen molar-refractivity contribution in [3.63, 3.8) is 0 Å². The van der Waals surface area contributed by atoms with Gasteiger partial charge in [0.2, 0.25) is 0 Å². The van der Waals surface area contributed by atoms with E-state index in [1.165, 1.54) is 0 Å². The van der Waals surface area contributed by atoms with Crippen LogP contribution in [0.5, 0.6) is 0 Å². The van der Waals surface area contributed by atoms with E-state index in [4.69, 9.17) is 0 Å². The lowest BCUT2D eigenvalue weighted by Crippen LogP contribution is -2.14. The number of rotatable bonds is 2. The van der Waals surface area contributed by atoms with Crippen LogP contribution < -0.4 is 0 Å². The van der Waals surface area contributed by atoms with Crippen LogP contribution in [0.3, 0.4) is 0 Å². The molecule has 3 nitrogen and oxygen atoms in total. The van der Waals surface area contributed by atoms with Crippen LogP contribution in [0.4, 0.5) is 0 Å². The third-order valence-corrected chi connectivity index (χ3v) is 2.45. The molecule has 0 radical (unpaired) electrons. The molecule has 2 atom stereocenters. The van der Waals surface area contributed by atoms with Crippen LogP contribution in [-0.2, 0) is 7.05 Å². The fourth-order valence-electron chi connectivity index (χ4n) is 1.19. The Morgan fingerprint density at radius 3 is 2.42 bits per heavy atom. The Morgan fingerprint density at radius 2 is 2.08 bits per heavy atom. The van der Waals surface area contributed by atoms with Crippen molar-refractivity contribution in [3.8, 4) is 0 Å². The highest BCUT2D eigenvalue weighted by Gasteiger charge is 2.15. The van der Waals surface area contributed by atoms with E-state index in [0.29, 0.717) is 0 Å². The maximum atomic E-state index is 9.37. The average molecular weight is 168 g/mol. The Labute approximate surface area is 73.1 Å². The molecule has 2 unspecified atom stereocenters. The highest BCUT2D eigenvalue weighted by Crippen LogP contribution is 2.18. The molecule has 0 amide bonds. The summed E-state index contributed by atoms with van der Waals surface area (Å²) < 4.78 is 2.01. The molecule has 0 bridgehead atoms. The lowest BCUT2D eigenvalue weighted by Gasteiger charge is -2.15. The summed E-state index contributed by atoms with van der Waals surface area (Å²) in [6.07, 6.45) is 1.51. The minimum absolute atomic E-state index is 0.149. The Balaban J connectivity index is 2.95. The van der Waals surface area contributed by atoms with Gasteiger partial charge in [-0.05, 0) is 13.8 Å². The summed E-state index contributed by atoms with van der Waals surface area (Å²) in [5.41, 5.74) is 1.09. The largest absolute Gasteiger partial charge is 0.393 e. The minimum Gasteiger partial charge on any atom is -0.393 e. The maximum Gasteiger partial charge on any atom is 0.105 e. The van der Waals surface area contributed by atoms with Crippen molar-refractivity contribution >= 4 is 0 Å². The van der Waals surface area contributed by atoms with Gasteiger partial charge < -0.3 is 9.67 Å². The quantitative estimate of drug-likeness (QED) is 0.721. The normalized spacial score (nSPS) is 16.1. The summed E-state index contributed by atoms with van der Waals surface area (Å²) >= 11 is 0. The molecule has 1 heterocycles. The van der Waals surface area contributed by atoms with E-state index >= 15 is 0 Å². The van der Waals surface area contributed by atoms with E-state index < -0.39 is 0 Å². The van der Waals surface area contributed by atoms with Crippen LogP contribution in [-0.4, -0.2) is 20.8 Å². The minimum atomic E-state index is -0.320. The Morgan fingerprint density at radius 1 is 1.50 bits per heavy atom. The third kappa shape index (κ3) is 1.50. The fourth-order valence-corrected chi connectivity index (χ4v) is 1.19. The second-order valence-corrected chi connectivity index (χ2v) is 3.32. The first-order valence-corrected chi connectivity index (χ1v) is 4.20. The van der Waals surface area contributed by atoms with Crippen molar-refractivity contribution in [2.45, 2.75) is 32.8 Å². The van der Waals surface area contributed by atoms with Crippen LogP contribution in [0.1, 0.15) is 31.3 Å². The Hall–Kier alpha value is -0.830. The molecular formula is C9H16N2O. The van der Waals surface area contributed by atoms with Crippen molar-refractivity contribution in [2.75, 3.05) is 0 Å². The first kappa shape index (κ1) is 9.26. The van der Waals surface area contributed by atoms with Gasteiger partial charge in [0.1, 0.15) is 5.82 Å². The molecule has 0 aliphatic rings. The summed E-state index contributed by atoms with van der Waals surface area (Å²) in [5, 5.41) is 9.37. The molecule has 68 valence electrons. The maximum absolute atomic E-state index is 9.37. The molecule has 0 aliphatic heterocycles. The molecule has 1 N–H and O–H groups in total. The van der Waals surface area contributed by atoms with E-state index in [0.717, 1.165) is 11.5 Å². The number of nitrogens with zero attached hydrogens (tertiary/aromatic N) is 2. The number of aromatic nitrogens is 2. The summed E-state index contributed by atoms with van der Waals surface area (Å²) in [6.45, 7) is 5.76. The highest BCUT2D eigenvalue weighted by molar-refractivity contribution is 5.10. The second kappa shape index (κ2) is 3.27. The standard InChI is InChI=1S/C9H16N2O/c1-6(7(2)12)9-5-10-8(3)11(9)4/h5-7,12H,1-4H3. The third-order valence-electron chi connectivity index (χ3n) is 2.45. The van der Waals surface area contributed by atoms with Gasteiger partial charge in [-0.1, -0.05) is 6.92 Å². The molecule has 0 fully saturated rings. The van der Waals surface area contributed by atoms with Crippen LogP contribution in [0, 0.1) is 6.92 Å². The highest BCUT2D eigenvalue weighted by atomic mass is 16.3. The molecule has 1 rings (SSSR count). The van der Waals surface area contributed by atoms with E-state index in [-0.39, 0.29) is 12.0 Å². The van der Waals surface area contributed by atoms with Crippen molar-refractivity contribution in [1.29, 1.82) is 0 Å². The second-order valence-electron chi connectivity index (χ2n) is 3.32. The number of hydrogen-bond acceptors (Lipinski definition) is 2. The van der Waals surface area contributed by atoms with Gasteiger partial charge in [-0.15, -0.1) is 0 Å². The topological polar surface area (TPSA) is 38.1 Å². The Kier molecular flexibility index (Phi) is 2.52. The summed E-state index contributed by atoms with van der Waals surface area (Å²) in [4.78, 5) is 4.17. The van der Waals surface area contributed by atoms with Gasteiger partial charge in [0.25, 0.3) is 0 Å². The molecule has 0 saturated heterocycles. The number of aliphatic hydroxyl groups excluding tert-OH is 1. The first-order chi connectivity index (χ1) is 5.54. The number of aryl methyl sites for hydroxylation is 1. The lowest BCUT2D eigenvalue weighted by atomic mass is 10.0. The van der Waals surface area contributed by atoms with Gasteiger partial charge in [-0.2, -0.15) is 0 Å². The summed E-state index contributed by atoms with van der Waals surface area (Å²) in [5.74, 6) is 1.13. The molecule has 1 aromatic heterocycles. The number of imidazole rings is 1.